The van der Waals surface area contributed by atoms with Gasteiger partial charge in [0.1, 0.15) is 6.17 Å². The zero-order valence-corrected chi connectivity index (χ0v) is 25.6. The van der Waals surface area contributed by atoms with E-state index in [4.69, 9.17) is 4.74 Å². The second kappa shape index (κ2) is 12.1. The van der Waals surface area contributed by atoms with Gasteiger partial charge in [-0.05, 0) is 69.5 Å². The third-order valence-electron chi connectivity index (χ3n) is 8.86. The Balaban J connectivity index is 0.00000153. The first kappa shape index (κ1) is 28.0. The average molecular weight is 578 g/mol. The van der Waals surface area contributed by atoms with Crippen molar-refractivity contribution < 1.29 is 4.74 Å². The number of hydrogen-bond donors (Lipinski definition) is 2. The van der Waals surface area contributed by atoms with Crippen LogP contribution >= 0.6 is 0 Å². The number of anilines is 1. The van der Waals surface area contributed by atoms with Gasteiger partial charge in [-0.2, -0.15) is 0 Å². The Morgan fingerprint density at radius 3 is 2.30 bits per heavy atom. The Morgan fingerprint density at radius 2 is 1.52 bits per heavy atom. The summed E-state index contributed by atoms with van der Waals surface area (Å²) in [4.78, 5) is 2.36. The van der Waals surface area contributed by atoms with E-state index in [2.05, 4.69) is 150 Å². The van der Waals surface area contributed by atoms with Gasteiger partial charge in [0, 0.05) is 18.1 Å². The molecule has 44 heavy (non-hydrogen) atoms. The van der Waals surface area contributed by atoms with Gasteiger partial charge in [0.25, 0.3) is 0 Å². The summed E-state index contributed by atoms with van der Waals surface area (Å²) in [6, 6.07) is 37.2. The summed E-state index contributed by atoms with van der Waals surface area (Å²) in [5.41, 5.74) is 7.27. The molecule has 4 nitrogen and oxygen atoms in total. The minimum absolute atomic E-state index is 0.0159. The molecule has 0 fully saturated rings. The largest absolute Gasteiger partial charge is 0.464 e. The number of nitrogens with one attached hydrogen (secondary N) is 2. The Morgan fingerprint density at radius 1 is 0.795 bits per heavy atom. The van der Waals surface area contributed by atoms with Crippen LogP contribution in [0.25, 0.3) is 27.2 Å². The number of allylic oxidation sites excluding steroid dienone is 3. The van der Waals surface area contributed by atoms with Crippen LogP contribution in [0.15, 0.2) is 133 Å². The number of benzene rings is 5. The van der Waals surface area contributed by atoms with Crippen LogP contribution in [0.1, 0.15) is 55.6 Å². The molecular weight excluding hydrogens is 538 g/mol. The highest BCUT2D eigenvalue weighted by molar-refractivity contribution is 6.13. The van der Waals surface area contributed by atoms with Crippen LogP contribution in [0, 0.1) is 0 Å². The van der Waals surface area contributed by atoms with Crippen molar-refractivity contribution in [3.63, 3.8) is 0 Å². The zero-order valence-electron chi connectivity index (χ0n) is 25.6. The number of fused-ring (bicyclic) bond motifs is 5. The van der Waals surface area contributed by atoms with Crippen LogP contribution in [-0.4, -0.2) is 18.2 Å². The molecule has 0 saturated carbocycles. The lowest BCUT2D eigenvalue weighted by molar-refractivity contribution is 0.263. The zero-order chi connectivity index (χ0) is 30.0. The Labute approximate surface area is 260 Å². The first-order chi connectivity index (χ1) is 21.7. The predicted molar refractivity (Wildman–Crippen MR) is 185 cm³/mol. The molecule has 0 aromatic heterocycles. The fourth-order valence-corrected chi connectivity index (χ4v) is 6.66. The van der Waals surface area contributed by atoms with Crippen LogP contribution in [0.3, 0.4) is 0 Å². The Bertz CT molecular complexity index is 1890. The third kappa shape index (κ3) is 5.06. The van der Waals surface area contributed by atoms with Crippen LogP contribution in [0.5, 0.6) is 5.75 Å². The maximum Gasteiger partial charge on any atom is 0.192 e. The fraction of sp³-hybridized carbons (Fsp3) is 0.200. The molecule has 8 rings (SSSR count). The molecule has 1 aliphatic carbocycles. The maximum atomic E-state index is 6.68. The monoisotopic (exact) mass is 577 g/mol. The second-order valence-corrected chi connectivity index (χ2v) is 11.4. The molecule has 0 spiro atoms. The van der Waals surface area contributed by atoms with Gasteiger partial charge in [-0.1, -0.05) is 123 Å². The molecule has 0 radical (unpaired) electrons. The summed E-state index contributed by atoms with van der Waals surface area (Å²) in [5.74, 6) is 0.952. The van der Waals surface area contributed by atoms with E-state index in [-0.39, 0.29) is 18.4 Å². The quantitative estimate of drug-likeness (QED) is 0.209. The minimum Gasteiger partial charge on any atom is -0.464 e. The van der Waals surface area contributed by atoms with Gasteiger partial charge in [-0.25, -0.2) is 0 Å². The van der Waals surface area contributed by atoms with Gasteiger partial charge in [0.05, 0.1) is 11.7 Å². The molecule has 220 valence electrons. The lowest BCUT2D eigenvalue weighted by Gasteiger charge is -2.40. The summed E-state index contributed by atoms with van der Waals surface area (Å²) in [7, 11) is 2.19. The number of nitrogens with zero attached hydrogens (tertiary/aromatic N) is 1. The van der Waals surface area contributed by atoms with Crippen molar-refractivity contribution in [2.24, 2.45) is 0 Å². The van der Waals surface area contributed by atoms with Crippen molar-refractivity contribution in [3.8, 4) is 5.75 Å². The molecule has 5 aromatic rings. The van der Waals surface area contributed by atoms with E-state index in [1.54, 1.807) is 0 Å². The van der Waals surface area contributed by atoms with Gasteiger partial charge in [-0.3, -0.25) is 5.32 Å². The highest BCUT2D eigenvalue weighted by atomic mass is 16.5. The van der Waals surface area contributed by atoms with Crippen LogP contribution < -0.4 is 15.4 Å². The van der Waals surface area contributed by atoms with Gasteiger partial charge >= 0.3 is 0 Å². The van der Waals surface area contributed by atoms with Crippen molar-refractivity contribution >= 4 is 32.9 Å². The van der Waals surface area contributed by atoms with Crippen molar-refractivity contribution in [2.75, 3.05) is 12.4 Å². The van der Waals surface area contributed by atoms with E-state index in [1.807, 2.05) is 13.8 Å². The minimum atomic E-state index is -0.120. The molecule has 3 atom stereocenters. The van der Waals surface area contributed by atoms with E-state index < -0.39 is 0 Å². The van der Waals surface area contributed by atoms with Crippen molar-refractivity contribution in [1.29, 1.82) is 0 Å². The molecule has 2 aliphatic heterocycles. The van der Waals surface area contributed by atoms with Gasteiger partial charge in [-0.15, -0.1) is 0 Å². The number of hydrogen-bond acceptors (Lipinski definition) is 4. The van der Waals surface area contributed by atoms with Gasteiger partial charge < -0.3 is 15.0 Å². The smallest absolute Gasteiger partial charge is 0.192 e. The van der Waals surface area contributed by atoms with E-state index in [1.165, 1.54) is 49.5 Å². The van der Waals surface area contributed by atoms with Gasteiger partial charge in [0.2, 0.25) is 0 Å². The summed E-state index contributed by atoms with van der Waals surface area (Å²) in [6.07, 6.45) is 10.8. The van der Waals surface area contributed by atoms with E-state index >= 15 is 0 Å². The second-order valence-electron chi connectivity index (χ2n) is 11.4. The van der Waals surface area contributed by atoms with E-state index in [0.29, 0.717) is 0 Å². The summed E-state index contributed by atoms with van der Waals surface area (Å²) in [5, 5.41) is 12.4. The first-order valence-electron chi connectivity index (χ1n) is 15.8. The SMILES string of the molecule is CC.CN1C(c2ccccc2)=CC(c2ccccc2)NC1c1ccc2ccc3ccc4c(c3c2c1)OC(C1=CC=CCC1)N4. The third-order valence-corrected chi connectivity index (χ3v) is 8.86. The first-order valence-corrected chi connectivity index (χ1v) is 15.8. The molecule has 0 bridgehead atoms. The molecule has 3 unspecified atom stereocenters. The van der Waals surface area contributed by atoms with E-state index in [0.717, 1.165) is 24.3 Å². The average Bonchev–Trinajstić information content (AvgIpc) is 3.55. The van der Waals surface area contributed by atoms with Crippen molar-refractivity contribution in [3.05, 3.63) is 150 Å². The molecule has 3 aliphatic rings. The fourth-order valence-electron chi connectivity index (χ4n) is 6.66. The van der Waals surface area contributed by atoms with E-state index in [9.17, 15) is 0 Å². The maximum absolute atomic E-state index is 6.68. The van der Waals surface area contributed by atoms with Crippen molar-refractivity contribution in [2.45, 2.75) is 45.1 Å². The van der Waals surface area contributed by atoms with Crippen LogP contribution in [0.2, 0.25) is 0 Å². The standard InChI is InChI=1S/C38H33N3O.C2H6/c1-41-34(27-13-7-3-8-14-27)24-33(26-11-5-2-6-12-26)39-37(41)30-20-18-25-17-19-28-21-22-32-36(35(28)31(25)23-30)42-38(40-32)29-15-9-4-10-16-29;1-2/h2-9,11-15,17-24,33,37-40H,10,16H2,1H3;1-2H3. The van der Waals surface area contributed by atoms with Crippen molar-refractivity contribution in [1.82, 2.24) is 10.2 Å². The molecule has 4 heteroatoms. The Kier molecular flexibility index (Phi) is 7.68. The molecule has 0 amide bonds. The normalized spacial score (nSPS) is 20.6. The van der Waals surface area contributed by atoms with Crippen LogP contribution in [-0.2, 0) is 0 Å². The summed E-state index contributed by atoms with van der Waals surface area (Å²) >= 11 is 0. The molecular formula is C40H39N3O. The summed E-state index contributed by atoms with van der Waals surface area (Å²) < 4.78 is 6.68. The highest BCUT2D eigenvalue weighted by Crippen LogP contribution is 2.45. The highest BCUT2D eigenvalue weighted by Gasteiger charge is 2.30. The molecule has 0 saturated heterocycles. The lowest BCUT2D eigenvalue weighted by atomic mass is 9.94. The molecule has 2 N–H and O–H groups in total. The topological polar surface area (TPSA) is 36.5 Å². The molecule has 5 aromatic carbocycles. The lowest BCUT2D eigenvalue weighted by Crippen LogP contribution is -2.40. The van der Waals surface area contributed by atoms with Crippen LogP contribution in [0.4, 0.5) is 5.69 Å². The summed E-state index contributed by atoms with van der Waals surface area (Å²) in [6.45, 7) is 4.00. The number of rotatable bonds is 4. The molecule has 2 heterocycles. The Hall–Kier alpha value is -4.80. The number of ether oxygens (including phenoxy) is 1. The predicted octanol–water partition coefficient (Wildman–Crippen LogP) is 9.74. The van der Waals surface area contributed by atoms with Gasteiger partial charge in [0.15, 0.2) is 12.0 Å².